The third kappa shape index (κ3) is 3.40. The van der Waals surface area contributed by atoms with Crippen LogP contribution in [-0.2, 0) is 6.18 Å². The molecular weight excluding hydrogens is 342 g/mol. The van der Waals surface area contributed by atoms with E-state index in [0.717, 1.165) is 12.1 Å². The Kier molecular flexibility index (Phi) is 4.54. The van der Waals surface area contributed by atoms with Crippen molar-refractivity contribution in [3.05, 3.63) is 71.0 Å². The largest absolute Gasteiger partial charge is 0.416 e. The molecule has 1 saturated heterocycles. The van der Waals surface area contributed by atoms with Gasteiger partial charge in [-0.25, -0.2) is 4.39 Å². The number of carbonyl (C=O) groups is 1. The topological polar surface area (TPSA) is 20.3 Å². The monoisotopic (exact) mass is 355 g/mol. The van der Waals surface area contributed by atoms with Crippen LogP contribution < -0.4 is 0 Å². The quantitative estimate of drug-likeness (QED) is 0.726. The molecule has 1 fully saturated rings. The highest BCUT2D eigenvalue weighted by atomic mass is 32.2. The normalized spacial score (nSPS) is 18.0. The van der Waals surface area contributed by atoms with E-state index in [-0.39, 0.29) is 22.7 Å². The molecule has 1 atom stereocenters. The van der Waals surface area contributed by atoms with Crippen LogP contribution in [0, 0.1) is 5.82 Å². The number of carbonyl (C=O) groups excluding carboxylic acids is 1. The van der Waals surface area contributed by atoms with Crippen molar-refractivity contribution in [3.8, 4) is 0 Å². The Hall–Kier alpha value is -2.02. The zero-order chi connectivity index (χ0) is 17.3. The summed E-state index contributed by atoms with van der Waals surface area (Å²) >= 11 is 1.50. The van der Waals surface area contributed by atoms with Gasteiger partial charge in [-0.1, -0.05) is 12.1 Å². The predicted octanol–water partition coefficient (Wildman–Crippen LogP) is 4.73. The van der Waals surface area contributed by atoms with E-state index in [1.807, 2.05) is 0 Å². The van der Waals surface area contributed by atoms with Gasteiger partial charge < -0.3 is 4.90 Å². The summed E-state index contributed by atoms with van der Waals surface area (Å²) in [6.45, 7) is 0.464. The first-order valence-corrected chi connectivity index (χ1v) is 8.26. The smallest absolute Gasteiger partial charge is 0.322 e. The van der Waals surface area contributed by atoms with E-state index >= 15 is 0 Å². The van der Waals surface area contributed by atoms with Crippen molar-refractivity contribution in [3.63, 3.8) is 0 Å². The number of nitrogens with zero attached hydrogens (tertiary/aromatic N) is 1. The fraction of sp³-hybridized carbons (Fsp3) is 0.235. The summed E-state index contributed by atoms with van der Waals surface area (Å²) in [6, 6.07) is 10.2. The summed E-state index contributed by atoms with van der Waals surface area (Å²) < 4.78 is 51.2. The molecule has 1 aliphatic heterocycles. The van der Waals surface area contributed by atoms with Crippen molar-refractivity contribution in [1.29, 1.82) is 0 Å². The molecule has 2 aromatic carbocycles. The van der Waals surface area contributed by atoms with Gasteiger partial charge in [0.2, 0.25) is 0 Å². The van der Waals surface area contributed by atoms with Gasteiger partial charge in [0.15, 0.2) is 0 Å². The third-order valence-electron chi connectivity index (χ3n) is 3.74. The standard InChI is InChI=1S/C17H13F4NOS/c18-14-3-1-2-12(10-14)16-22(8-9-24-16)15(23)11-4-6-13(7-5-11)17(19,20)21/h1-7,10,16H,8-9H2/t16-/m1/s1. The lowest BCUT2D eigenvalue weighted by Crippen LogP contribution is -2.30. The van der Waals surface area contributed by atoms with Crippen molar-refractivity contribution in [2.24, 2.45) is 0 Å². The van der Waals surface area contributed by atoms with Gasteiger partial charge >= 0.3 is 6.18 Å². The summed E-state index contributed by atoms with van der Waals surface area (Å²) in [5, 5.41) is -0.338. The zero-order valence-electron chi connectivity index (χ0n) is 12.4. The van der Waals surface area contributed by atoms with Crippen molar-refractivity contribution >= 4 is 17.7 Å². The molecule has 0 aromatic heterocycles. The van der Waals surface area contributed by atoms with Gasteiger partial charge in [0.1, 0.15) is 11.2 Å². The van der Waals surface area contributed by atoms with Crippen LogP contribution in [0.5, 0.6) is 0 Å². The number of benzene rings is 2. The van der Waals surface area contributed by atoms with Crippen LogP contribution in [0.15, 0.2) is 48.5 Å². The Labute approximate surface area is 140 Å². The summed E-state index contributed by atoms with van der Waals surface area (Å²) in [5.41, 5.74) is 0.0567. The number of rotatable bonds is 2. The maximum absolute atomic E-state index is 13.4. The summed E-state index contributed by atoms with van der Waals surface area (Å²) in [7, 11) is 0. The number of thioether (sulfide) groups is 1. The minimum Gasteiger partial charge on any atom is -0.322 e. The molecule has 126 valence electrons. The average molecular weight is 355 g/mol. The van der Waals surface area contributed by atoms with Gasteiger partial charge in [-0.3, -0.25) is 4.79 Å². The Morgan fingerprint density at radius 2 is 1.83 bits per heavy atom. The Morgan fingerprint density at radius 3 is 2.46 bits per heavy atom. The van der Waals surface area contributed by atoms with Gasteiger partial charge in [-0.15, -0.1) is 11.8 Å². The molecule has 0 spiro atoms. The highest BCUT2D eigenvalue weighted by Crippen LogP contribution is 2.39. The van der Waals surface area contributed by atoms with E-state index in [1.54, 1.807) is 17.0 Å². The molecule has 0 aliphatic carbocycles. The first-order valence-electron chi connectivity index (χ1n) is 7.21. The van der Waals surface area contributed by atoms with Crippen LogP contribution in [0.4, 0.5) is 17.6 Å². The molecule has 0 N–H and O–H groups in total. The van der Waals surface area contributed by atoms with Crippen LogP contribution in [0.2, 0.25) is 0 Å². The molecule has 0 unspecified atom stereocenters. The molecule has 0 bridgehead atoms. The van der Waals surface area contributed by atoms with E-state index in [4.69, 9.17) is 0 Å². The number of amides is 1. The van der Waals surface area contributed by atoms with Crippen LogP contribution in [0.3, 0.4) is 0 Å². The SMILES string of the molecule is O=C(c1ccc(C(F)(F)F)cc1)N1CCS[C@@H]1c1cccc(F)c1. The molecule has 2 aromatic rings. The Balaban J connectivity index is 1.83. The highest BCUT2D eigenvalue weighted by Gasteiger charge is 2.33. The van der Waals surface area contributed by atoms with E-state index in [2.05, 4.69) is 0 Å². The van der Waals surface area contributed by atoms with Crippen molar-refractivity contribution in [2.75, 3.05) is 12.3 Å². The molecule has 2 nitrogen and oxygen atoms in total. The molecule has 1 heterocycles. The van der Waals surface area contributed by atoms with E-state index in [0.29, 0.717) is 17.9 Å². The van der Waals surface area contributed by atoms with Crippen LogP contribution in [0.25, 0.3) is 0 Å². The summed E-state index contributed by atoms with van der Waals surface area (Å²) in [6.07, 6.45) is -4.44. The van der Waals surface area contributed by atoms with E-state index in [9.17, 15) is 22.4 Å². The number of alkyl halides is 3. The second-order valence-electron chi connectivity index (χ2n) is 5.35. The van der Waals surface area contributed by atoms with Gasteiger partial charge in [-0.2, -0.15) is 13.2 Å². The zero-order valence-corrected chi connectivity index (χ0v) is 13.2. The van der Waals surface area contributed by atoms with Crippen molar-refractivity contribution < 1.29 is 22.4 Å². The molecule has 3 rings (SSSR count). The third-order valence-corrected chi connectivity index (χ3v) is 5.01. The molecular formula is C17H13F4NOS. The lowest BCUT2D eigenvalue weighted by atomic mass is 10.1. The molecule has 24 heavy (non-hydrogen) atoms. The molecule has 1 amide bonds. The fourth-order valence-electron chi connectivity index (χ4n) is 2.58. The number of halogens is 4. The van der Waals surface area contributed by atoms with Crippen LogP contribution >= 0.6 is 11.8 Å². The number of hydrogen-bond acceptors (Lipinski definition) is 2. The first-order chi connectivity index (χ1) is 11.4. The minimum atomic E-state index is -4.44. The molecule has 0 saturated carbocycles. The Morgan fingerprint density at radius 1 is 1.12 bits per heavy atom. The van der Waals surface area contributed by atoms with E-state index < -0.39 is 11.7 Å². The van der Waals surface area contributed by atoms with Crippen LogP contribution in [0.1, 0.15) is 26.9 Å². The predicted molar refractivity (Wildman–Crippen MR) is 84.1 cm³/mol. The Bertz CT molecular complexity index is 745. The minimum absolute atomic E-state index is 0.187. The lowest BCUT2D eigenvalue weighted by Gasteiger charge is -2.24. The van der Waals surface area contributed by atoms with Gasteiger partial charge in [-0.05, 0) is 42.0 Å². The second kappa shape index (κ2) is 6.47. The van der Waals surface area contributed by atoms with Crippen molar-refractivity contribution in [1.82, 2.24) is 4.90 Å². The summed E-state index contributed by atoms with van der Waals surface area (Å²) in [4.78, 5) is 14.2. The van der Waals surface area contributed by atoms with Gasteiger partial charge in [0.25, 0.3) is 5.91 Å². The second-order valence-corrected chi connectivity index (χ2v) is 6.54. The highest BCUT2D eigenvalue weighted by molar-refractivity contribution is 7.99. The average Bonchev–Trinajstić information content (AvgIpc) is 3.03. The van der Waals surface area contributed by atoms with Gasteiger partial charge in [0, 0.05) is 17.9 Å². The fourth-order valence-corrected chi connectivity index (χ4v) is 3.83. The van der Waals surface area contributed by atoms with Crippen LogP contribution in [-0.4, -0.2) is 23.1 Å². The van der Waals surface area contributed by atoms with Gasteiger partial charge in [0.05, 0.1) is 5.56 Å². The first kappa shape index (κ1) is 16.8. The van der Waals surface area contributed by atoms with E-state index in [1.165, 1.54) is 36.0 Å². The maximum Gasteiger partial charge on any atom is 0.416 e. The molecule has 0 radical (unpaired) electrons. The molecule has 1 aliphatic rings. The number of hydrogen-bond donors (Lipinski definition) is 0. The molecule has 7 heteroatoms. The maximum atomic E-state index is 13.4. The summed E-state index contributed by atoms with van der Waals surface area (Å²) in [5.74, 6) is -0.0574. The van der Waals surface area contributed by atoms with Crippen molar-refractivity contribution in [2.45, 2.75) is 11.6 Å². The lowest BCUT2D eigenvalue weighted by molar-refractivity contribution is -0.137.